The van der Waals surface area contributed by atoms with Gasteiger partial charge in [0.2, 0.25) is 10.6 Å². The van der Waals surface area contributed by atoms with Crippen LogP contribution in [-0.2, 0) is 4.79 Å². The van der Waals surface area contributed by atoms with E-state index < -0.39 is 5.97 Å². The van der Waals surface area contributed by atoms with Gasteiger partial charge in [0.1, 0.15) is 0 Å². The van der Waals surface area contributed by atoms with E-state index in [9.17, 15) is 9.59 Å². The number of carboxylic acid groups (broad SMARTS) is 1. The number of amides is 1. The molecule has 0 spiro atoms. The number of benzene rings is 2. The van der Waals surface area contributed by atoms with Crippen molar-refractivity contribution >= 4 is 68.5 Å². The van der Waals surface area contributed by atoms with Gasteiger partial charge >= 0.3 is 5.97 Å². The number of carbonyl (C=O) groups is 2. The summed E-state index contributed by atoms with van der Waals surface area (Å²) in [6.07, 6.45) is 2.37. The molecule has 2 N–H and O–H groups in total. The van der Waals surface area contributed by atoms with Crippen LogP contribution in [0, 0.1) is 0 Å². The van der Waals surface area contributed by atoms with E-state index in [4.69, 9.17) is 28.3 Å². The predicted octanol–water partition coefficient (Wildman–Crippen LogP) is 5.64. The van der Waals surface area contributed by atoms with Crippen LogP contribution in [0.25, 0.3) is 5.69 Å². The zero-order valence-corrected chi connectivity index (χ0v) is 19.7. The second-order valence-electron chi connectivity index (χ2n) is 6.91. The fraction of sp³-hybridized carbons (Fsp3) is 0.200. The van der Waals surface area contributed by atoms with Gasteiger partial charge in [0.25, 0.3) is 0 Å². The molecule has 0 radical (unpaired) electrons. The first-order valence-corrected chi connectivity index (χ1v) is 11.7. The SMILES string of the molecule is O=C(CSc1nnc(Br)n1-c1ccc(C2CC2)cc1Cl)Nc1ccc(C(=O)O)cc1Cl. The molecule has 1 saturated carbocycles. The van der Waals surface area contributed by atoms with E-state index in [2.05, 4.69) is 37.5 Å². The van der Waals surface area contributed by atoms with Gasteiger partial charge in [0, 0.05) is 0 Å². The maximum absolute atomic E-state index is 12.4. The van der Waals surface area contributed by atoms with Crippen molar-refractivity contribution in [2.75, 3.05) is 11.1 Å². The van der Waals surface area contributed by atoms with Gasteiger partial charge in [-0.3, -0.25) is 9.36 Å². The molecule has 0 unspecified atom stereocenters. The molecule has 11 heteroatoms. The van der Waals surface area contributed by atoms with Crippen LogP contribution in [0.2, 0.25) is 10.0 Å². The molecular formula is C20H15BrCl2N4O3S. The Hall–Kier alpha value is -2.07. The molecule has 1 fully saturated rings. The van der Waals surface area contributed by atoms with E-state index in [1.165, 1.54) is 48.4 Å². The number of hydrogen-bond acceptors (Lipinski definition) is 5. The summed E-state index contributed by atoms with van der Waals surface area (Å²) < 4.78 is 2.22. The number of rotatable bonds is 7. The second kappa shape index (κ2) is 9.20. The molecule has 1 amide bonds. The van der Waals surface area contributed by atoms with Crippen molar-refractivity contribution in [2.24, 2.45) is 0 Å². The average Bonchev–Trinajstić information content (AvgIpc) is 3.51. The topological polar surface area (TPSA) is 97.1 Å². The Bertz CT molecular complexity index is 1180. The molecule has 160 valence electrons. The van der Waals surface area contributed by atoms with Crippen LogP contribution in [0.5, 0.6) is 0 Å². The van der Waals surface area contributed by atoms with Crippen LogP contribution in [0.1, 0.15) is 34.7 Å². The highest BCUT2D eigenvalue weighted by Gasteiger charge is 2.25. The predicted molar refractivity (Wildman–Crippen MR) is 124 cm³/mol. The number of hydrogen-bond donors (Lipinski definition) is 2. The lowest BCUT2D eigenvalue weighted by Crippen LogP contribution is -2.15. The number of anilines is 1. The number of nitrogens with one attached hydrogen (secondary N) is 1. The van der Waals surface area contributed by atoms with E-state index in [0.717, 1.165) is 5.69 Å². The van der Waals surface area contributed by atoms with Gasteiger partial charge in [-0.1, -0.05) is 41.0 Å². The summed E-state index contributed by atoms with van der Waals surface area (Å²) in [4.78, 5) is 23.4. The summed E-state index contributed by atoms with van der Waals surface area (Å²) >= 11 is 17.2. The van der Waals surface area contributed by atoms with Crippen molar-refractivity contribution in [3.8, 4) is 5.69 Å². The molecule has 2 aromatic carbocycles. The average molecular weight is 542 g/mol. The van der Waals surface area contributed by atoms with Gasteiger partial charge < -0.3 is 10.4 Å². The number of aromatic nitrogens is 3. The Morgan fingerprint density at radius 2 is 1.94 bits per heavy atom. The van der Waals surface area contributed by atoms with Crippen molar-refractivity contribution in [1.82, 2.24) is 14.8 Å². The van der Waals surface area contributed by atoms with Crippen molar-refractivity contribution in [3.63, 3.8) is 0 Å². The highest BCUT2D eigenvalue weighted by molar-refractivity contribution is 9.10. The molecule has 1 aliphatic rings. The number of nitrogens with zero attached hydrogens (tertiary/aromatic N) is 3. The van der Waals surface area contributed by atoms with Crippen molar-refractivity contribution < 1.29 is 14.7 Å². The summed E-state index contributed by atoms with van der Waals surface area (Å²) in [6.45, 7) is 0. The molecule has 1 heterocycles. The molecule has 1 aromatic heterocycles. The summed E-state index contributed by atoms with van der Waals surface area (Å²) in [5.41, 5.74) is 2.31. The lowest BCUT2D eigenvalue weighted by molar-refractivity contribution is -0.113. The smallest absolute Gasteiger partial charge is 0.335 e. The molecule has 31 heavy (non-hydrogen) atoms. The van der Waals surface area contributed by atoms with Gasteiger partial charge in [-0.25, -0.2) is 4.79 Å². The lowest BCUT2D eigenvalue weighted by Gasteiger charge is -2.11. The maximum atomic E-state index is 12.4. The Morgan fingerprint density at radius 3 is 2.58 bits per heavy atom. The monoisotopic (exact) mass is 540 g/mol. The van der Waals surface area contributed by atoms with Crippen LogP contribution >= 0.6 is 50.9 Å². The highest BCUT2D eigenvalue weighted by Crippen LogP contribution is 2.42. The zero-order valence-electron chi connectivity index (χ0n) is 15.8. The first kappa shape index (κ1) is 22.1. The summed E-state index contributed by atoms with van der Waals surface area (Å²) in [6, 6.07) is 10.1. The molecule has 3 aromatic rings. The maximum Gasteiger partial charge on any atom is 0.335 e. The minimum absolute atomic E-state index is 0.0416. The number of carbonyl (C=O) groups excluding carboxylic acids is 1. The fourth-order valence-electron chi connectivity index (χ4n) is 2.99. The van der Waals surface area contributed by atoms with Crippen LogP contribution in [0.15, 0.2) is 46.3 Å². The van der Waals surface area contributed by atoms with E-state index in [1.807, 2.05) is 12.1 Å². The fourth-order valence-corrected chi connectivity index (χ4v) is 4.79. The van der Waals surface area contributed by atoms with Gasteiger partial charge in [-0.2, -0.15) is 0 Å². The molecule has 1 aliphatic carbocycles. The lowest BCUT2D eigenvalue weighted by atomic mass is 10.1. The normalized spacial score (nSPS) is 13.3. The van der Waals surface area contributed by atoms with Crippen molar-refractivity contribution in [3.05, 3.63) is 62.3 Å². The third kappa shape index (κ3) is 5.06. The van der Waals surface area contributed by atoms with Crippen molar-refractivity contribution in [1.29, 1.82) is 0 Å². The van der Waals surface area contributed by atoms with E-state index >= 15 is 0 Å². The van der Waals surface area contributed by atoms with Crippen LogP contribution < -0.4 is 5.32 Å². The third-order valence-corrected chi connectivity index (χ3v) is 6.74. The van der Waals surface area contributed by atoms with Gasteiger partial charge in [-0.05, 0) is 70.6 Å². The molecule has 7 nitrogen and oxygen atoms in total. The van der Waals surface area contributed by atoms with Gasteiger partial charge in [0.15, 0.2) is 5.16 Å². The number of halogens is 3. The van der Waals surface area contributed by atoms with Crippen LogP contribution in [-0.4, -0.2) is 37.5 Å². The van der Waals surface area contributed by atoms with Gasteiger partial charge in [-0.15, -0.1) is 10.2 Å². The summed E-state index contributed by atoms with van der Waals surface area (Å²) in [7, 11) is 0. The Kier molecular flexibility index (Phi) is 6.57. The van der Waals surface area contributed by atoms with Gasteiger partial charge in [0.05, 0.1) is 32.7 Å². The molecule has 0 bridgehead atoms. The zero-order chi connectivity index (χ0) is 22.1. The number of thioether (sulfide) groups is 1. The standard InChI is InChI=1S/C20H15BrCl2N4O3S/c21-19-25-26-20(27(19)16-6-4-11(7-14(16)23)10-1-2-10)31-9-17(28)24-15-5-3-12(18(29)30)8-13(15)22/h3-8,10H,1-2,9H2,(H,24,28)(H,29,30). The third-order valence-electron chi connectivity index (χ3n) is 4.68. The minimum atomic E-state index is -1.09. The molecule has 4 rings (SSSR count). The quantitative estimate of drug-likeness (QED) is 0.375. The second-order valence-corrected chi connectivity index (χ2v) is 9.37. The van der Waals surface area contributed by atoms with E-state index in [1.54, 1.807) is 4.57 Å². The van der Waals surface area contributed by atoms with Crippen molar-refractivity contribution in [2.45, 2.75) is 23.9 Å². The van der Waals surface area contributed by atoms with Crippen LogP contribution in [0.3, 0.4) is 0 Å². The first-order chi connectivity index (χ1) is 14.8. The number of carboxylic acids is 1. The summed E-state index contributed by atoms with van der Waals surface area (Å²) in [5.74, 6) is -0.787. The molecule has 0 atom stereocenters. The molecular weight excluding hydrogens is 527 g/mol. The Labute approximate surface area is 200 Å². The van der Waals surface area contributed by atoms with E-state index in [0.29, 0.717) is 26.5 Å². The van der Waals surface area contributed by atoms with E-state index in [-0.39, 0.29) is 22.2 Å². The summed E-state index contributed by atoms with van der Waals surface area (Å²) in [5, 5.41) is 21.1. The molecule has 0 aliphatic heterocycles. The van der Waals surface area contributed by atoms with Crippen LogP contribution in [0.4, 0.5) is 5.69 Å². The molecule has 0 saturated heterocycles. The minimum Gasteiger partial charge on any atom is -0.478 e. The highest BCUT2D eigenvalue weighted by atomic mass is 79.9. The number of aromatic carboxylic acids is 1. The largest absolute Gasteiger partial charge is 0.478 e. The first-order valence-electron chi connectivity index (χ1n) is 9.19. The Morgan fingerprint density at radius 1 is 1.16 bits per heavy atom. The Balaban J connectivity index is 1.46.